The number of aliphatic carboxylic acids is 1. The van der Waals surface area contributed by atoms with Crippen LogP contribution in [0.15, 0.2) is 24.3 Å². The third kappa shape index (κ3) is 2.18. The van der Waals surface area contributed by atoms with Crippen LogP contribution >= 0.6 is 0 Å². The maximum absolute atomic E-state index is 13.2. The number of nitrogen functional groups attached to an aromatic ring is 1. The Balaban J connectivity index is 3.03. The molecule has 0 radical (unpaired) electrons. The minimum Gasteiger partial charge on any atom is -0.481 e. The van der Waals surface area contributed by atoms with Gasteiger partial charge in [0.1, 0.15) is 6.42 Å². The van der Waals surface area contributed by atoms with Crippen molar-refractivity contribution in [3.8, 4) is 0 Å². The number of benzene rings is 1. The first kappa shape index (κ1) is 10.4. The summed E-state index contributed by atoms with van der Waals surface area (Å²) in [5.74, 6) is -4.98. The van der Waals surface area contributed by atoms with Gasteiger partial charge >= 0.3 is 5.97 Å². The van der Waals surface area contributed by atoms with E-state index in [1.807, 2.05) is 0 Å². The lowest BCUT2D eigenvalue weighted by molar-refractivity contribution is -0.145. The lowest BCUT2D eigenvalue weighted by atomic mass is 10.0. The summed E-state index contributed by atoms with van der Waals surface area (Å²) in [7, 11) is 0. The molecule has 0 bridgehead atoms. The predicted octanol–water partition coefficient (Wildman–Crippen LogP) is 1.84. The molecular formula is C9H9F2NO2. The molecule has 3 N–H and O–H groups in total. The summed E-state index contributed by atoms with van der Waals surface area (Å²) in [6.07, 6.45) is -1.25. The van der Waals surface area contributed by atoms with E-state index in [0.717, 1.165) is 6.07 Å². The average Bonchev–Trinajstić information content (AvgIpc) is 2.02. The van der Waals surface area contributed by atoms with E-state index in [4.69, 9.17) is 10.8 Å². The van der Waals surface area contributed by atoms with Crippen molar-refractivity contribution in [1.82, 2.24) is 0 Å². The van der Waals surface area contributed by atoms with E-state index in [0.29, 0.717) is 0 Å². The lowest BCUT2D eigenvalue weighted by Gasteiger charge is -2.15. The summed E-state index contributed by atoms with van der Waals surface area (Å²) in [4.78, 5) is 10.2. The zero-order chi connectivity index (χ0) is 10.8. The molecule has 0 heterocycles. The van der Waals surface area contributed by atoms with Crippen LogP contribution in [0.4, 0.5) is 14.5 Å². The van der Waals surface area contributed by atoms with Crippen molar-refractivity contribution in [1.29, 1.82) is 0 Å². The highest BCUT2D eigenvalue weighted by atomic mass is 19.3. The number of carboxylic acid groups (broad SMARTS) is 1. The topological polar surface area (TPSA) is 63.3 Å². The molecule has 0 atom stereocenters. The van der Waals surface area contributed by atoms with Gasteiger partial charge in [-0.15, -0.1) is 0 Å². The Bertz CT molecular complexity index is 352. The number of carbonyl (C=O) groups is 1. The number of halogens is 2. The van der Waals surface area contributed by atoms with Gasteiger partial charge in [0.25, 0.3) is 5.92 Å². The van der Waals surface area contributed by atoms with E-state index in [1.54, 1.807) is 0 Å². The third-order valence-electron chi connectivity index (χ3n) is 1.73. The summed E-state index contributed by atoms with van der Waals surface area (Å²) < 4.78 is 26.4. The number of nitrogens with two attached hydrogens (primary N) is 1. The van der Waals surface area contributed by atoms with Crippen LogP contribution < -0.4 is 5.73 Å². The molecule has 0 saturated heterocycles. The molecule has 0 fully saturated rings. The maximum Gasteiger partial charge on any atom is 0.309 e. The third-order valence-corrected chi connectivity index (χ3v) is 1.73. The Labute approximate surface area is 79.2 Å². The molecule has 0 aliphatic carbocycles. The Morgan fingerprint density at radius 2 is 2.00 bits per heavy atom. The van der Waals surface area contributed by atoms with Gasteiger partial charge in [-0.05, 0) is 6.07 Å². The van der Waals surface area contributed by atoms with Gasteiger partial charge in [0.05, 0.1) is 0 Å². The molecule has 0 spiro atoms. The molecule has 0 unspecified atom stereocenters. The minimum absolute atomic E-state index is 0.0984. The Morgan fingerprint density at radius 1 is 1.43 bits per heavy atom. The Hall–Kier alpha value is -1.65. The van der Waals surface area contributed by atoms with Crippen molar-refractivity contribution in [3.05, 3.63) is 29.8 Å². The Morgan fingerprint density at radius 3 is 2.50 bits per heavy atom. The smallest absolute Gasteiger partial charge is 0.309 e. The summed E-state index contributed by atoms with van der Waals surface area (Å²) >= 11 is 0. The molecule has 1 aromatic carbocycles. The summed E-state index contributed by atoms with van der Waals surface area (Å²) in [6.45, 7) is 0. The van der Waals surface area contributed by atoms with Crippen molar-refractivity contribution in [2.45, 2.75) is 12.3 Å². The fourth-order valence-corrected chi connectivity index (χ4v) is 1.12. The number of rotatable bonds is 3. The number of alkyl halides is 2. The molecule has 0 aliphatic heterocycles. The van der Waals surface area contributed by atoms with Crippen molar-refractivity contribution >= 4 is 11.7 Å². The Kier molecular flexibility index (Phi) is 2.69. The van der Waals surface area contributed by atoms with Gasteiger partial charge in [-0.25, -0.2) is 8.78 Å². The van der Waals surface area contributed by atoms with Gasteiger partial charge in [-0.3, -0.25) is 4.79 Å². The highest BCUT2D eigenvalue weighted by Gasteiger charge is 2.36. The molecule has 0 saturated carbocycles. The maximum atomic E-state index is 13.2. The normalized spacial score (nSPS) is 11.3. The van der Waals surface area contributed by atoms with E-state index in [-0.39, 0.29) is 5.69 Å². The number of para-hydroxylation sites is 1. The first-order valence-electron chi connectivity index (χ1n) is 3.88. The van der Waals surface area contributed by atoms with E-state index in [2.05, 4.69) is 0 Å². The monoisotopic (exact) mass is 201 g/mol. The zero-order valence-electron chi connectivity index (χ0n) is 7.21. The van der Waals surface area contributed by atoms with E-state index >= 15 is 0 Å². The summed E-state index contributed by atoms with van der Waals surface area (Å²) in [6, 6.07) is 5.33. The van der Waals surface area contributed by atoms with Gasteiger partial charge < -0.3 is 10.8 Å². The fourth-order valence-electron chi connectivity index (χ4n) is 1.12. The second kappa shape index (κ2) is 3.61. The van der Waals surface area contributed by atoms with Crippen LogP contribution in [0, 0.1) is 0 Å². The molecule has 76 valence electrons. The van der Waals surface area contributed by atoms with E-state index in [9.17, 15) is 13.6 Å². The van der Waals surface area contributed by atoms with Crippen LogP contribution in [-0.2, 0) is 10.7 Å². The van der Waals surface area contributed by atoms with Crippen LogP contribution in [0.25, 0.3) is 0 Å². The van der Waals surface area contributed by atoms with Gasteiger partial charge in [0.15, 0.2) is 0 Å². The van der Waals surface area contributed by atoms with Crippen LogP contribution in [0.1, 0.15) is 12.0 Å². The lowest BCUT2D eigenvalue weighted by Crippen LogP contribution is -2.19. The molecule has 3 nitrogen and oxygen atoms in total. The highest BCUT2D eigenvalue weighted by molar-refractivity contribution is 5.69. The fraction of sp³-hybridized carbons (Fsp3) is 0.222. The van der Waals surface area contributed by atoms with Crippen LogP contribution in [0.3, 0.4) is 0 Å². The van der Waals surface area contributed by atoms with Gasteiger partial charge in [0.2, 0.25) is 0 Å². The van der Waals surface area contributed by atoms with E-state index in [1.165, 1.54) is 18.2 Å². The second-order valence-electron chi connectivity index (χ2n) is 2.86. The summed E-state index contributed by atoms with van der Waals surface area (Å²) in [5, 5.41) is 8.28. The van der Waals surface area contributed by atoms with Crippen LogP contribution in [-0.4, -0.2) is 11.1 Å². The van der Waals surface area contributed by atoms with Gasteiger partial charge in [-0.1, -0.05) is 18.2 Å². The second-order valence-corrected chi connectivity index (χ2v) is 2.86. The first-order chi connectivity index (χ1) is 6.43. The standard InChI is InChI=1S/C9H9F2NO2/c10-9(11,5-8(13)14)6-3-1-2-4-7(6)12/h1-4H,5,12H2,(H,13,14). The number of hydrogen-bond acceptors (Lipinski definition) is 2. The number of carboxylic acids is 1. The largest absolute Gasteiger partial charge is 0.481 e. The predicted molar refractivity (Wildman–Crippen MR) is 47.0 cm³/mol. The van der Waals surface area contributed by atoms with E-state index < -0.39 is 23.9 Å². The van der Waals surface area contributed by atoms with Crippen molar-refractivity contribution in [3.63, 3.8) is 0 Å². The van der Waals surface area contributed by atoms with Crippen molar-refractivity contribution in [2.75, 3.05) is 5.73 Å². The summed E-state index contributed by atoms with van der Waals surface area (Å²) in [5.41, 5.74) is 4.77. The molecule has 0 aliphatic rings. The SMILES string of the molecule is Nc1ccccc1C(F)(F)CC(=O)O. The first-order valence-corrected chi connectivity index (χ1v) is 3.88. The molecule has 0 amide bonds. The van der Waals surface area contributed by atoms with Gasteiger partial charge in [0, 0.05) is 11.3 Å². The van der Waals surface area contributed by atoms with Crippen molar-refractivity contribution < 1.29 is 18.7 Å². The molecule has 0 aromatic heterocycles. The number of hydrogen-bond donors (Lipinski definition) is 2. The van der Waals surface area contributed by atoms with Crippen LogP contribution in [0.2, 0.25) is 0 Å². The number of anilines is 1. The van der Waals surface area contributed by atoms with Crippen molar-refractivity contribution in [2.24, 2.45) is 0 Å². The highest BCUT2D eigenvalue weighted by Crippen LogP contribution is 2.34. The molecule has 14 heavy (non-hydrogen) atoms. The molecule has 1 rings (SSSR count). The molecular weight excluding hydrogens is 192 g/mol. The molecule has 5 heteroatoms. The minimum atomic E-state index is -3.42. The van der Waals surface area contributed by atoms with Gasteiger partial charge in [-0.2, -0.15) is 0 Å². The quantitative estimate of drug-likeness (QED) is 0.733. The average molecular weight is 201 g/mol. The molecule has 1 aromatic rings. The zero-order valence-corrected chi connectivity index (χ0v) is 7.21. The van der Waals surface area contributed by atoms with Crippen LogP contribution in [0.5, 0.6) is 0 Å².